The highest BCUT2D eigenvalue weighted by Gasteiger charge is 2.02. The summed E-state index contributed by atoms with van der Waals surface area (Å²) in [6.07, 6.45) is 0.644. The van der Waals surface area contributed by atoms with Crippen LogP contribution in [0.1, 0.15) is 13.4 Å². The minimum atomic E-state index is -0.357. The highest BCUT2D eigenvalue weighted by molar-refractivity contribution is 5.28. The largest absolute Gasteiger partial charge is 0.488 e. The Hall–Kier alpha value is -1.47. The maximum Gasteiger partial charge on any atom is 0.165 e. The first kappa shape index (κ1) is 22.5. The van der Waals surface area contributed by atoms with Crippen LogP contribution < -0.4 is 4.74 Å². The van der Waals surface area contributed by atoms with Gasteiger partial charge in [-0.1, -0.05) is 6.07 Å². The number of rotatable bonds is 13. The molecule has 5 nitrogen and oxygen atoms in total. The van der Waals surface area contributed by atoms with Gasteiger partial charge in [0.05, 0.1) is 33.0 Å². The average Bonchev–Trinajstić information content (AvgIpc) is 2.59. The van der Waals surface area contributed by atoms with Gasteiger partial charge >= 0.3 is 0 Å². The Kier molecular flexibility index (Phi) is 15.4. The van der Waals surface area contributed by atoms with Crippen molar-refractivity contribution < 1.29 is 29.9 Å². The Morgan fingerprint density at radius 1 is 0.958 bits per heavy atom. The van der Waals surface area contributed by atoms with E-state index in [1.807, 2.05) is 6.92 Å². The van der Waals surface area contributed by atoms with Crippen molar-refractivity contribution in [1.82, 2.24) is 0 Å². The van der Waals surface area contributed by atoms with E-state index in [0.29, 0.717) is 52.7 Å². The topological polar surface area (TPSA) is 57.2 Å². The molecule has 1 aromatic carbocycles. The summed E-state index contributed by atoms with van der Waals surface area (Å²) < 4.78 is 34.6. The van der Waals surface area contributed by atoms with Gasteiger partial charge in [0.2, 0.25) is 0 Å². The number of halogens is 1. The van der Waals surface area contributed by atoms with Crippen LogP contribution in [-0.4, -0.2) is 58.0 Å². The molecule has 6 heteroatoms. The van der Waals surface area contributed by atoms with Gasteiger partial charge in [-0.15, -0.1) is 13.2 Å². The molecule has 0 atom stereocenters. The molecule has 1 rings (SSSR count). The fourth-order valence-corrected chi connectivity index (χ4v) is 1.64. The predicted octanol–water partition coefficient (Wildman–Crippen LogP) is 2.99. The highest BCUT2D eigenvalue weighted by atomic mass is 19.1. The number of ether oxygens (including phenoxy) is 4. The van der Waals surface area contributed by atoms with Crippen molar-refractivity contribution in [2.75, 3.05) is 52.9 Å². The molecule has 0 aromatic heterocycles. The van der Waals surface area contributed by atoms with Crippen LogP contribution in [0.25, 0.3) is 0 Å². The van der Waals surface area contributed by atoms with Crippen molar-refractivity contribution in [2.45, 2.75) is 13.3 Å². The summed E-state index contributed by atoms with van der Waals surface area (Å²) in [7, 11) is 0. The lowest BCUT2D eigenvalue weighted by atomic mass is 10.2. The second-order valence-corrected chi connectivity index (χ2v) is 4.70. The van der Waals surface area contributed by atoms with Crippen LogP contribution in [0.4, 0.5) is 4.39 Å². The third kappa shape index (κ3) is 12.0. The maximum absolute atomic E-state index is 13.5. The van der Waals surface area contributed by atoms with Gasteiger partial charge in [-0.2, -0.15) is 0 Å². The van der Waals surface area contributed by atoms with Crippen LogP contribution in [-0.2, 0) is 14.2 Å². The number of aryl methyl sites for hydroxylation is 1. The van der Waals surface area contributed by atoms with Gasteiger partial charge in [-0.3, -0.25) is 0 Å². The monoisotopic (exact) mass is 346 g/mol. The smallest absolute Gasteiger partial charge is 0.165 e. The normalized spacial score (nSPS) is 10.1. The summed E-state index contributed by atoms with van der Waals surface area (Å²) in [5.74, 6) is -0.116. The molecule has 24 heavy (non-hydrogen) atoms. The molecule has 0 amide bonds. The van der Waals surface area contributed by atoms with E-state index in [1.165, 1.54) is 6.07 Å². The minimum Gasteiger partial charge on any atom is -0.488 e. The quantitative estimate of drug-likeness (QED) is 0.439. The summed E-state index contributed by atoms with van der Waals surface area (Å²) in [6.45, 7) is 11.1. The lowest BCUT2D eigenvalue weighted by Gasteiger charge is -2.09. The Morgan fingerprint density at radius 3 is 2.04 bits per heavy atom. The first-order valence-electron chi connectivity index (χ1n) is 7.97. The van der Waals surface area contributed by atoms with E-state index in [-0.39, 0.29) is 19.6 Å². The summed E-state index contributed by atoms with van der Waals surface area (Å²) in [4.78, 5) is 0. The van der Waals surface area contributed by atoms with Crippen molar-refractivity contribution in [3.63, 3.8) is 0 Å². The molecule has 0 unspecified atom stereocenters. The first-order chi connectivity index (χ1) is 11.7. The van der Waals surface area contributed by atoms with Crippen molar-refractivity contribution in [3.05, 3.63) is 42.7 Å². The Labute approximate surface area is 145 Å². The molecule has 0 fully saturated rings. The molecule has 1 aromatic rings. The molecule has 0 bridgehead atoms. The van der Waals surface area contributed by atoms with Crippen molar-refractivity contribution in [3.8, 4) is 5.75 Å². The number of aliphatic hydroxyl groups is 1. The maximum atomic E-state index is 13.5. The molecule has 0 heterocycles. The average molecular weight is 346 g/mol. The molecule has 0 saturated carbocycles. The summed E-state index contributed by atoms with van der Waals surface area (Å²) in [6, 6.07) is 4.85. The molecule has 0 spiro atoms. The molecule has 140 valence electrons. The van der Waals surface area contributed by atoms with E-state index in [2.05, 4.69) is 13.2 Å². The van der Waals surface area contributed by atoms with E-state index in [4.69, 9.17) is 24.1 Å². The number of hydrogen-bond donors (Lipinski definition) is 1. The van der Waals surface area contributed by atoms with Crippen LogP contribution in [0.2, 0.25) is 0 Å². The van der Waals surface area contributed by atoms with E-state index in [1.54, 1.807) is 12.1 Å². The molecule has 0 saturated heterocycles. The van der Waals surface area contributed by atoms with Crippen molar-refractivity contribution in [2.24, 2.45) is 0 Å². The third-order valence-corrected chi connectivity index (χ3v) is 2.76. The van der Waals surface area contributed by atoms with E-state index >= 15 is 0 Å². The molecule has 0 aliphatic carbocycles. The predicted molar refractivity (Wildman–Crippen MR) is 94.2 cm³/mol. The van der Waals surface area contributed by atoms with Gasteiger partial charge in [0.15, 0.2) is 11.6 Å². The molecular weight excluding hydrogens is 315 g/mol. The summed E-state index contributed by atoms with van der Waals surface area (Å²) in [5.41, 5.74) is 0.860. The number of aliphatic hydroxyl groups excluding tert-OH is 1. The molecule has 0 radical (unpaired) electrons. The van der Waals surface area contributed by atoms with Crippen LogP contribution in [0.15, 0.2) is 31.4 Å². The van der Waals surface area contributed by atoms with Gasteiger partial charge < -0.3 is 24.1 Å². The van der Waals surface area contributed by atoms with Gasteiger partial charge in [0.25, 0.3) is 0 Å². The Morgan fingerprint density at radius 2 is 1.50 bits per heavy atom. The van der Waals surface area contributed by atoms with Crippen molar-refractivity contribution in [1.29, 1.82) is 0 Å². The zero-order valence-electron chi connectivity index (χ0n) is 14.5. The third-order valence-electron chi connectivity index (χ3n) is 2.76. The zero-order chi connectivity index (χ0) is 18.0. The van der Waals surface area contributed by atoms with Gasteiger partial charge in [-0.05, 0) is 31.0 Å². The molecular formula is C18H31FO5. The van der Waals surface area contributed by atoms with Gasteiger partial charge in [-0.25, -0.2) is 4.39 Å². The summed E-state index contributed by atoms with van der Waals surface area (Å²) >= 11 is 0. The molecule has 1 N–H and O–H groups in total. The first-order valence-corrected chi connectivity index (χ1v) is 7.97. The Bertz CT molecular complexity index is 420. The Balaban J connectivity index is 0. The SMILES string of the molecule is C=C.Cc1ccc(OCCOCCOCCOCCCO)c(F)c1.[HH]. The second kappa shape index (κ2) is 16.4. The van der Waals surface area contributed by atoms with E-state index in [0.717, 1.165) is 5.56 Å². The van der Waals surface area contributed by atoms with Crippen LogP contribution in [0, 0.1) is 12.7 Å². The van der Waals surface area contributed by atoms with Crippen molar-refractivity contribution >= 4 is 0 Å². The van der Waals surface area contributed by atoms with Gasteiger partial charge in [0.1, 0.15) is 6.61 Å². The number of hydrogen-bond acceptors (Lipinski definition) is 5. The number of benzene rings is 1. The molecule has 0 aliphatic rings. The van der Waals surface area contributed by atoms with Crippen LogP contribution in [0.3, 0.4) is 0 Å². The lowest BCUT2D eigenvalue weighted by molar-refractivity contribution is 0.00735. The fraction of sp³-hybridized carbons (Fsp3) is 0.556. The zero-order valence-corrected chi connectivity index (χ0v) is 14.5. The van der Waals surface area contributed by atoms with E-state index < -0.39 is 0 Å². The van der Waals surface area contributed by atoms with Crippen LogP contribution in [0.5, 0.6) is 5.75 Å². The molecule has 0 aliphatic heterocycles. The van der Waals surface area contributed by atoms with Crippen LogP contribution >= 0.6 is 0 Å². The standard InChI is InChI=1S/C16H25FO5.C2H4.H2/c1-14-3-4-16(15(17)13-14)22-12-11-21-10-9-20-8-7-19-6-2-5-18;1-2;/h3-4,13,18H,2,5-12H2,1H3;1-2H2;1H. The lowest BCUT2D eigenvalue weighted by Crippen LogP contribution is -2.13. The minimum absolute atomic E-state index is 0. The summed E-state index contributed by atoms with van der Waals surface area (Å²) in [5, 5.41) is 8.55. The van der Waals surface area contributed by atoms with E-state index in [9.17, 15) is 4.39 Å². The second-order valence-electron chi connectivity index (χ2n) is 4.70. The highest BCUT2D eigenvalue weighted by Crippen LogP contribution is 2.17. The van der Waals surface area contributed by atoms with Gasteiger partial charge in [0, 0.05) is 14.6 Å². The fourth-order valence-electron chi connectivity index (χ4n) is 1.64.